The lowest BCUT2D eigenvalue weighted by molar-refractivity contribution is -0.0193. The molecule has 0 spiro atoms. The van der Waals surface area contributed by atoms with Gasteiger partial charge in [0.2, 0.25) is 0 Å². The van der Waals surface area contributed by atoms with Crippen LogP contribution in [0.4, 0.5) is 15.8 Å². The topological polar surface area (TPSA) is 48.4 Å². The van der Waals surface area contributed by atoms with E-state index in [-0.39, 0.29) is 16.8 Å². The Labute approximate surface area is 201 Å². The first-order valence-corrected chi connectivity index (χ1v) is 11.9. The van der Waals surface area contributed by atoms with Gasteiger partial charge in [-0.1, -0.05) is 30.3 Å². The van der Waals surface area contributed by atoms with Crippen LogP contribution in [-0.4, -0.2) is 38.4 Å². The minimum Gasteiger partial charge on any atom is -0.373 e. The van der Waals surface area contributed by atoms with Crippen molar-refractivity contribution in [2.75, 3.05) is 32.6 Å². The third kappa shape index (κ3) is 3.73. The second-order valence-electron chi connectivity index (χ2n) is 10.0. The molecule has 0 bridgehead atoms. The summed E-state index contributed by atoms with van der Waals surface area (Å²) in [7, 11) is 4.05. The van der Waals surface area contributed by atoms with E-state index >= 15 is 0 Å². The lowest BCUT2D eigenvalue weighted by Crippen LogP contribution is -2.36. The number of methoxy groups -OCH3 is 1. The number of nitrogens with zero attached hydrogens (tertiary/aromatic N) is 1. The molecule has 1 aliphatic heterocycles. The number of anilines is 2. The van der Waals surface area contributed by atoms with Crippen LogP contribution in [0.1, 0.15) is 35.1 Å². The van der Waals surface area contributed by atoms with E-state index in [0.717, 1.165) is 42.9 Å². The zero-order valence-electron chi connectivity index (χ0n) is 20.1. The maximum Gasteiger partial charge on any atom is 0.123 e. The molecule has 1 saturated carbocycles. The molecule has 0 unspecified atom stereocenters. The Balaban J connectivity index is 1.57. The first-order valence-electron chi connectivity index (χ1n) is 11.9. The quantitative estimate of drug-likeness (QED) is 0.446. The number of likely N-dealkylation sites (N-methyl/N-ethyl adjacent to an activating group) is 1. The lowest BCUT2D eigenvalue weighted by Gasteiger charge is -2.35. The van der Waals surface area contributed by atoms with Gasteiger partial charge in [-0.2, -0.15) is 0 Å². The Bertz CT molecular complexity index is 1200. The summed E-state index contributed by atoms with van der Waals surface area (Å²) in [5.41, 5.74) is 5.90. The normalized spacial score (nSPS) is 26.4. The standard InChI is InChI=1S/C29H32FN3O/c1-20-13-27(32-25-11-9-24(30)10-12-25)21(16-31)14-26(20)28-18-29(34-3,22-7-5-4-6-8-22)15-23(28)17-33(2)19-28/h4-14,16,23,31-32H,15,17-19H2,1-3H3/t23-,28-,29-/m0/s1. The van der Waals surface area contributed by atoms with Crippen LogP contribution in [0.15, 0.2) is 66.7 Å². The number of nitrogens with one attached hydrogen (secondary N) is 2. The molecule has 3 aromatic carbocycles. The number of ether oxygens (including phenoxy) is 1. The van der Waals surface area contributed by atoms with Crippen LogP contribution in [0.5, 0.6) is 0 Å². The fourth-order valence-electron chi connectivity index (χ4n) is 6.48. The highest BCUT2D eigenvalue weighted by atomic mass is 19.1. The predicted molar refractivity (Wildman–Crippen MR) is 136 cm³/mol. The maximum absolute atomic E-state index is 13.4. The van der Waals surface area contributed by atoms with Gasteiger partial charge in [0.1, 0.15) is 5.82 Å². The van der Waals surface area contributed by atoms with E-state index in [9.17, 15) is 4.39 Å². The van der Waals surface area contributed by atoms with Gasteiger partial charge in [-0.25, -0.2) is 4.39 Å². The van der Waals surface area contributed by atoms with E-state index in [2.05, 4.69) is 66.7 Å². The summed E-state index contributed by atoms with van der Waals surface area (Å²) in [6.45, 7) is 4.17. The minimum atomic E-state index is -0.310. The molecule has 5 heteroatoms. The number of benzene rings is 3. The predicted octanol–water partition coefficient (Wildman–Crippen LogP) is 6.01. The van der Waals surface area contributed by atoms with Gasteiger partial charge in [0, 0.05) is 48.8 Å². The van der Waals surface area contributed by atoms with Gasteiger partial charge in [-0.15, -0.1) is 0 Å². The van der Waals surface area contributed by atoms with Crippen LogP contribution in [-0.2, 0) is 15.8 Å². The Morgan fingerprint density at radius 1 is 1.12 bits per heavy atom. The highest BCUT2D eigenvalue weighted by Crippen LogP contribution is 2.59. The van der Waals surface area contributed by atoms with Gasteiger partial charge < -0.3 is 20.4 Å². The number of hydrogen-bond acceptors (Lipinski definition) is 4. The van der Waals surface area contributed by atoms with Crippen LogP contribution in [0.25, 0.3) is 0 Å². The van der Waals surface area contributed by atoms with Gasteiger partial charge in [0.25, 0.3) is 0 Å². The average Bonchev–Trinajstić information content (AvgIpc) is 3.32. The van der Waals surface area contributed by atoms with Crippen molar-refractivity contribution in [1.29, 1.82) is 5.41 Å². The van der Waals surface area contributed by atoms with Crippen LogP contribution in [0.2, 0.25) is 0 Å². The molecule has 1 aliphatic carbocycles. The van der Waals surface area contributed by atoms with E-state index in [0.29, 0.717) is 5.92 Å². The summed E-state index contributed by atoms with van der Waals surface area (Å²) >= 11 is 0. The first-order chi connectivity index (χ1) is 16.4. The van der Waals surface area contributed by atoms with Crippen LogP contribution in [0.3, 0.4) is 0 Å². The molecule has 1 heterocycles. The second kappa shape index (κ2) is 8.64. The number of aryl methyl sites for hydroxylation is 1. The van der Waals surface area contributed by atoms with E-state index in [1.165, 1.54) is 35.0 Å². The van der Waals surface area contributed by atoms with Crippen LogP contribution < -0.4 is 5.32 Å². The molecule has 2 N–H and O–H groups in total. The van der Waals surface area contributed by atoms with Gasteiger partial charge >= 0.3 is 0 Å². The van der Waals surface area contributed by atoms with E-state index < -0.39 is 0 Å². The molecule has 176 valence electrons. The lowest BCUT2D eigenvalue weighted by atomic mass is 9.71. The fourth-order valence-corrected chi connectivity index (χ4v) is 6.48. The summed E-state index contributed by atoms with van der Waals surface area (Å²) in [6.07, 6.45) is 3.31. The molecule has 0 aromatic heterocycles. The molecule has 1 saturated heterocycles. The molecule has 0 amide bonds. The SMILES string of the molecule is CO[C@@]1(c2ccccc2)C[C@H]2CN(C)C[C@@]2(c2cc(C=N)c(Nc3ccc(F)cc3)cc2C)C1. The van der Waals surface area contributed by atoms with Crippen molar-refractivity contribution in [2.45, 2.75) is 30.8 Å². The molecular formula is C29H32FN3O. The van der Waals surface area contributed by atoms with Crippen LogP contribution in [0, 0.1) is 24.1 Å². The van der Waals surface area contributed by atoms with Gasteiger partial charge in [-0.3, -0.25) is 0 Å². The van der Waals surface area contributed by atoms with Gasteiger partial charge in [0.05, 0.1) is 5.60 Å². The van der Waals surface area contributed by atoms with E-state index in [4.69, 9.17) is 10.1 Å². The number of likely N-dealkylation sites (tertiary alicyclic amines) is 1. The highest BCUT2D eigenvalue weighted by Gasteiger charge is 2.60. The smallest absolute Gasteiger partial charge is 0.123 e. The molecule has 0 radical (unpaired) electrons. The molecule has 2 fully saturated rings. The van der Waals surface area contributed by atoms with Crippen molar-refractivity contribution in [3.8, 4) is 0 Å². The van der Waals surface area contributed by atoms with Crippen LogP contribution >= 0.6 is 0 Å². The number of rotatable bonds is 6. The number of halogens is 1. The molecule has 4 nitrogen and oxygen atoms in total. The Kier molecular flexibility index (Phi) is 5.78. The van der Waals surface area contributed by atoms with Crippen molar-refractivity contribution in [3.63, 3.8) is 0 Å². The maximum atomic E-state index is 13.4. The zero-order chi connectivity index (χ0) is 23.9. The molecule has 3 atom stereocenters. The van der Waals surface area contributed by atoms with Crippen molar-refractivity contribution in [1.82, 2.24) is 4.90 Å². The minimum absolute atomic E-state index is 0.0448. The van der Waals surface area contributed by atoms with Crippen molar-refractivity contribution in [3.05, 3.63) is 94.8 Å². The average molecular weight is 458 g/mol. The largest absolute Gasteiger partial charge is 0.373 e. The summed E-state index contributed by atoms with van der Waals surface area (Å²) in [4.78, 5) is 2.43. The monoisotopic (exact) mass is 457 g/mol. The third-order valence-corrected chi connectivity index (χ3v) is 7.95. The Hall–Kier alpha value is -3.02. The molecule has 5 rings (SSSR count). The molecule has 3 aromatic rings. The molecular weight excluding hydrogens is 425 g/mol. The molecule has 2 aliphatic rings. The van der Waals surface area contributed by atoms with Gasteiger partial charge in [-0.05, 0) is 85.8 Å². The summed E-state index contributed by atoms with van der Waals surface area (Å²) in [5.74, 6) is 0.201. The van der Waals surface area contributed by atoms with Crippen molar-refractivity contribution in [2.24, 2.45) is 5.92 Å². The number of fused-ring (bicyclic) bond motifs is 1. The van der Waals surface area contributed by atoms with Crippen molar-refractivity contribution >= 4 is 17.6 Å². The summed E-state index contributed by atoms with van der Waals surface area (Å²) in [6, 6.07) is 21.3. The van der Waals surface area contributed by atoms with E-state index in [1.54, 1.807) is 12.1 Å². The van der Waals surface area contributed by atoms with E-state index in [1.807, 2.05) is 7.11 Å². The highest BCUT2D eigenvalue weighted by molar-refractivity contribution is 5.88. The molecule has 34 heavy (non-hydrogen) atoms. The Morgan fingerprint density at radius 2 is 1.85 bits per heavy atom. The second-order valence-corrected chi connectivity index (χ2v) is 10.0. The third-order valence-electron chi connectivity index (χ3n) is 7.95. The fraction of sp³-hybridized carbons (Fsp3) is 0.345. The zero-order valence-corrected chi connectivity index (χ0v) is 20.1. The van der Waals surface area contributed by atoms with Gasteiger partial charge in [0.15, 0.2) is 0 Å². The Morgan fingerprint density at radius 3 is 2.53 bits per heavy atom. The summed E-state index contributed by atoms with van der Waals surface area (Å²) in [5, 5.41) is 11.5. The first kappa shape index (κ1) is 22.8. The summed E-state index contributed by atoms with van der Waals surface area (Å²) < 4.78 is 19.7. The van der Waals surface area contributed by atoms with Crippen molar-refractivity contribution < 1.29 is 9.13 Å². The number of hydrogen-bond donors (Lipinski definition) is 2.